The van der Waals surface area contributed by atoms with Crippen LogP contribution in [-0.2, 0) is 35.3 Å². The van der Waals surface area contributed by atoms with E-state index in [0.29, 0.717) is 11.4 Å². The molecule has 6 rings (SSSR count). The van der Waals surface area contributed by atoms with E-state index >= 15 is 0 Å². The Hall–Kier alpha value is -6.16. The summed E-state index contributed by atoms with van der Waals surface area (Å²) in [5, 5.41) is 39.7. The third kappa shape index (κ3) is 7.17. The minimum Gasteiger partial charge on any atom is -0.481 e. The largest absolute Gasteiger partial charge is 0.481 e. The average molecular weight is 753 g/mol. The molecule has 3 fully saturated rings. The minimum atomic E-state index is -1.47. The molecule has 278 valence electrons. The fourth-order valence-corrected chi connectivity index (χ4v) is 8.44. The zero-order valence-corrected chi connectivity index (χ0v) is 28.2. The summed E-state index contributed by atoms with van der Waals surface area (Å²) in [6.07, 6.45) is 0.0504. The average Bonchev–Trinajstić information content (AvgIpc) is 3.69. The molecule has 10 N–H and O–H groups in total. The van der Waals surface area contributed by atoms with Gasteiger partial charge in [-0.1, -0.05) is 0 Å². The number of nitrogens with zero attached hydrogens (tertiary/aromatic N) is 4. The Kier molecular flexibility index (Phi) is 9.99. The smallest absolute Gasteiger partial charge is 0.326 e. The number of nitrogen functional groups attached to an aromatic ring is 1. The first-order chi connectivity index (χ1) is 25.2. The number of carbonyl (C=O) groups is 7. The molecule has 53 heavy (non-hydrogen) atoms. The standard InChI is InChI=1S/C31H32N10O11S/c32-30-38-24-22(26(47)39-30)36-14(9-35-24)8-33-13-3-1-12(2-4-13)25(46)37-16(29(51)52)5-6-19(42)34-10-17-27(48)41-18(7-20(43)44)23(45)21-15(28(49)50)11-53-31(21,41)40-17/h1-4,9,15-18,21,33,40H,5-8,10-11H2,(H,34,42)(H,37,46)(H,43,44)(H,49,50)(H,51,52)(H3,32,35,38,39,47)/t15-,16-,17+,18+,21+,31-/m1/s1. The number of carbonyl (C=O) groups excluding carboxylic acids is 4. The van der Waals surface area contributed by atoms with Crippen molar-refractivity contribution >= 4 is 76.0 Å². The second-order valence-electron chi connectivity index (χ2n) is 12.5. The molecular formula is C31H32N10O11S. The van der Waals surface area contributed by atoms with Gasteiger partial charge in [-0.25, -0.2) is 14.8 Å². The van der Waals surface area contributed by atoms with Crippen molar-refractivity contribution in [2.45, 2.75) is 48.9 Å². The highest BCUT2D eigenvalue weighted by molar-refractivity contribution is 8.01. The number of Topliss-reactive ketones (excluding diaryl/α,β-unsaturated/α-hetero) is 1. The maximum Gasteiger partial charge on any atom is 0.326 e. The van der Waals surface area contributed by atoms with Gasteiger partial charge >= 0.3 is 17.9 Å². The van der Waals surface area contributed by atoms with Gasteiger partial charge in [-0.15, -0.1) is 11.8 Å². The molecule has 6 atom stereocenters. The van der Waals surface area contributed by atoms with Gasteiger partial charge < -0.3 is 41.9 Å². The van der Waals surface area contributed by atoms with Crippen LogP contribution in [0.3, 0.4) is 0 Å². The van der Waals surface area contributed by atoms with Crippen LogP contribution in [0.5, 0.6) is 0 Å². The molecule has 1 spiro atoms. The lowest BCUT2D eigenvalue weighted by Crippen LogP contribution is -2.51. The summed E-state index contributed by atoms with van der Waals surface area (Å²) in [6.45, 7) is -0.140. The Morgan fingerprint density at radius 1 is 1.08 bits per heavy atom. The number of rotatable bonds is 14. The Labute approximate surface area is 301 Å². The van der Waals surface area contributed by atoms with Gasteiger partial charge in [0.05, 0.1) is 36.7 Å². The summed E-state index contributed by atoms with van der Waals surface area (Å²) >= 11 is 1.03. The number of aliphatic carboxylic acids is 3. The third-order valence-corrected chi connectivity index (χ3v) is 10.6. The van der Waals surface area contributed by atoms with E-state index in [9.17, 15) is 53.7 Å². The Bertz CT molecular complexity index is 2100. The van der Waals surface area contributed by atoms with Crippen molar-refractivity contribution in [2.24, 2.45) is 11.8 Å². The van der Waals surface area contributed by atoms with Crippen LogP contribution in [0.25, 0.3) is 11.2 Å². The van der Waals surface area contributed by atoms with Crippen molar-refractivity contribution in [1.82, 2.24) is 40.8 Å². The van der Waals surface area contributed by atoms with E-state index in [2.05, 4.69) is 41.2 Å². The number of carboxylic acid groups (broad SMARTS) is 3. The molecular weight excluding hydrogens is 720 g/mol. The van der Waals surface area contributed by atoms with Crippen LogP contribution < -0.4 is 32.6 Å². The molecule has 1 aromatic carbocycles. The van der Waals surface area contributed by atoms with Crippen LogP contribution >= 0.6 is 11.8 Å². The molecule has 3 saturated heterocycles. The Morgan fingerprint density at radius 3 is 2.49 bits per heavy atom. The minimum absolute atomic E-state index is 0.00558. The number of H-pyrrole nitrogens is 1. The lowest BCUT2D eigenvalue weighted by atomic mass is 9.87. The van der Waals surface area contributed by atoms with Gasteiger partial charge in [0.15, 0.2) is 21.9 Å². The molecule has 5 heterocycles. The summed E-state index contributed by atoms with van der Waals surface area (Å²) in [5.41, 5.74) is 6.21. The van der Waals surface area contributed by atoms with Gasteiger partial charge in [-0.05, 0) is 30.7 Å². The SMILES string of the molecule is Nc1nc2ncc(CNc3ccc(C(=O)N[C@H](CCC(=O)NC[C@@H]4N[C@]56SC[C@@H](C(=O)O)[C@H]5C(=O)[C@H](CC(=O)O)N6C4=O)C(=O)O)cc3)nc2c(=O)[nH]1. The molecule has 3 aliphatic rings. The van der Waals surface area contributed by atoms with E-state index in [1.165, 1.54) is 18.3 Å². The zero-order chi connectivity index (χ0) is 38.2. The summed E-state index contributed by atoms with van der Waals surface area (Å²) in [4.78, 5) is 114. The summed E-state index contributed by atoms with van der Waals surface area (Å²) in [6, 6.07) is 2.09. The molecule has 0 saturated carbocycles. The van der Waals surface area contributed by atoms with Crippen molar-refractivity contribution in [3.05, 3.63) is 52.1 Å². The molecule has 21 nitrogen and oxygen atoms in total. The first-order valence-electron chi connectivity index (χ1n) is 16.1. The number of benzene rings is 1. The van der Waals surface area contributed by atoms with Crippen LogP contribution in [0.4, 0.5) is 11.6 Å². The highest BCUT2D eigenvalue weighted by Gasteiger charge is 2.72. The number of hydrogen-bond donors (Lipinski definition) is 9. The number of carboxylic acids is 3. The fourth-order valence-electron chi connectivity index (χ4n) is 6.63. The van der Waals surface area contributed by atoms with Crippen molar-refractivity contribution in [2.75, 3.05) is 23.3 Å². The van der Waals surface area contributed by atoms with Crippen LogP contribution in [0.15, 0.2) is 35.3 Å². The lowest BCUT2D eigenvalue weighted by molar-refractivity contribution is -0.145. The summed E-state index contributed by atoms with van der Waals surface area (Å²) in [7, 11) is 0. The van der Waals surface area contributed by atoms with Crippen molar-refractivity contribution in [1.29, 1.82) is 0 Å². The number of fused-ring (bicyclic) bond motifs is 1. The van der Waals surface area contributed by atoms with Gasteiger partial charge in [-0.2, -0.15) is 4.98 Å². The second kappa shape index (κ2) is 14.5. The normalized spacial score (nSPS) is 23.7. The van der Waals surface area contributed by atoms with E-state index in [1.54, 1.807) is 12.1 Å². The van der Waals surface area contributed by atoms with E-state index in [4.69, 9.17) is 5.73 Å². The van der Waals surface area contributed by atoms with Crippen LogP contribution in [0.1, 0.15) is 35.3 Å². The topological polar surface area (TPSA) is 329 Å². The number of thioether (sulfide) groups is 1. The number of nitrogens with two attached hydrogens (primary N) is 1. The Balaban J connectivity index is 1.00. The van der Waals surface area contributed by atoms with E-state index in [-0.39, 0.29) is 54.4 Å². The van der Waals surface area contributed by atoms with Gasteiger partial charge in [0.25, 0.3) is 11.5 Å². The molecule has 3 aromatic rings. The quantitative estimate of drug-likeness (QED) is 0.0854. The molecule has 22 heteroatoms. The molecule has 3 amide bonds. The first kappa shape index (κ1) is 36.6. The maximum absolute atomic E-state index is 13.4. The highest BCUT2D eigenvalue weighted by atomic mass is 32.2. The number of aromatic nitrogens is 4. The molecule has 0 aliphatic carbocycles. The van der Waals surface area contributed by atoms with Crippen LogP contribution in [0.2, 0.25) is 0 Å². The van der Waals surface area contributed by atoms with E-state index in [1.807, 2.05) is 0 Å². The predicted octanol–water partition coefficient (Wildman–Crippen LogP) is -2.07. The fraction of sp³-hybridized carbons (Fsp3) is 0.387. The number of ketones is 1. The van der Waals surface area contributed by atoms with Gasteiger partial charge in [-0.3, -0.25) is 43.9 Å². The van der Waals surface area contributed by atoms with E-state index in [0.717, 1.165) is 16.7 Å². The summed E-state index contributed by atoms with van der Waals surface area (Å²) < 4.78 is 0. The van der Waals surface area contributed by atoms with Gasteiger partial charge in [0, 0.05) is 30.0 Å². The van der Waals surface area contributed by atoms with Crippen molar-refractivity contribution in [3.8, 4) is 0 Å². The monoisotopic (exact) mass is 752 g/mol. The van der Waals surface area contributed by atoms with Gasteiger partial charge in [0.1, 0.15) is 18.1 Å². The number of nitrogens with one attached hydrogen (secondary N) is 5. The molecule has 0 bridgehead atoms. The van der Waals surface area contributed by atoms with E-state index < -0.39 is 88.3 Å². The summed E-state index contributed by atoms with van der Waals surface area (Å²) in [5.74, 6) is -9.11. The van der Waals surface area contributed by atoms with Gasteiger partial charge in [0.2, 0.25) is 17.8 Å². The molecule has 0 unspecified atom stereocenters. The van der Waals surface area contributed by atoms with Crippen LogP contribution in [-0.4, -0.2) is 117 Å². The molecule has 0 radical (unpaired) electrons. The predicted molar refractivity (Wildman–Crippen MR) is 182 cm³/mol. The highest BCUT2D eigenvalue weighted by Crippen LogP contribution is 2.56. The Morgan fingerprint density at radius 2 is 1.81 bits per heavy atom. The van der Waals surface area contributed by atoms with Crippen LogP contribution in [0, 0.1) is 11.8 Å². The lowest BCUT2D eigenvalue weighted by Gasteiger charge is -2.31. The second-order valence-corrected chi connectivity index (χ2v) is 13.7. The third-order valence-electron chi connectivity index (χ3n) is 9.09. The van der Waals surface area contributed by atoms with Crippen molar-refractivity contribution in [3.63, 3.8) is 0 Å². The maximum atomic E-state index is 13.4. The number of aromatic amines is 1. The number of amides is 3. The molecule has 3 aliphatic heterocycles. The van der Waals surface area contributed by atoms with Crippen molar-refractivity contribution < 1.29 is 48.9 Å². The number of hydrogen-bond acceptors (Lipinski definition) is 15. The first-order valence-corrected chi connectivity index (χ1v) is 17.1. The number of anilines is 2. The zero-order valence-electron chi connectivity index (χ0n) is 27.4. The molecule has 2 aromatic heterocycles.